The quantitative estimate of drug-likeness (QED) is 0.563. The summed E-state index contributed by atoms with van der Waals surface area (Å²) in [7, 11) is 0. The fraction of sp³-hybridized carbons (Fsp3) is 0.929. The maximum Gasteiger partial charge on any atom is 0.129 e. The minimum absolute atomic E-state index is 0.319. The third-order valence-corrected chi connectivity index (χ3v) is 2.50. The topological polar surface area (TPSA) is 20.3 Å². The normalized spacial score (nSPS) is 11.8. The Morgan fingerprint density at radius 2 is 1.50 bits per heavy atom. The van der Waals surface area contributed by atoms with Crippen molar-refractivity contribution >= 4 is 5.78 Å². The van der Waals surface area contributed by atoms with Crippen LogP contribution in [-0.4, -0.2) is 30.3 Å². The third kappa shape index (κ3) is 10.2. The van der Waals surface area contributed by atoms with Gasteiger partial charge in [-0.2, -0.15) is 0 Å². The summed E-state index contributed by atoms with van der Waals surface area (Å²) in [6.07, 6.45) is 2.94. The molecule has 2 nitrogen and oxygen atoms in total. The fourth-order valence-corrected chi connectivity index (χ4v) is 2.00. The number of Topliss-reactive ketones (excluding diaryl/α,β-unsaturated/α-hetero) is 1. The first kappa shape index (κ1) is 15.6. The lowest BCUT2D eigenvalue weighted by Gasteiger charge is -2.25. The average molecular weight is 227 g/mol. The van der Waals surface area contributed by atoms with Crippen LogP contribution in [0.3, 0.4) is 0 Å². The molecule has 0 fully saturated rings. The van der Waals surface area contributed by atoms with Crippen molar-refractivity contribution in [1.29, 1.82) is 0 Å². The molecule has 96 valence electrons. The van der Waals surface area contributed by atoms with E-state index in [1.807, 2.05) is 0 Å². The molecular formula is C14H29NO. The van der Waals surface area contributed by atoms with Gasteiger partial charge in [-0.1, -0.05) is 27.7 Å². The molecule has 0 atom stereocenters. The zero-order chi connectivity index (χ0) is 12.6. The molecule has 0 saturated carbocycles. The maximum absolute atomic E-state index is 10.8. The van der Waals surface area contributed by atoms with Gasteiger partial charge >= 0.3 is 0 Å². The van der Waals surface area contributed by atoms with Crippen molar-refractivity contribution < 1.29 is 4.79 Å². The zero-order valence-corrected chi connectivity index (χ0v) is 11.8. The Hall–Kier alpha value is -0.370. The molecule has 0 aliphatic heterocycles. The number of carbonyl (C=O) groups is 1. The van der Waals surface area contributed by atoms with E-state index in [0.717, 1.165) is 37.6 Å². The second-order valence-electron chi connectivity index (χ2n) is 5.71. The molecule has 2 heteroatoms. The summed E-state index contributed by atoms with van der Waals surface area (Å²) in [6.45, 7) is 14.2. The molecule has 0 radical (unpaired) electrons. The average Bonchev–Trinajstić information content (AvgIpc) is 2.09. The molecule has 0 rings (SSSR count). The van der Waals surface area contributed by atoms with Crippen LogP contribution in [-0.2, 0) is 4.79 Å². The van der Waals surface area contributed by atoms with Crippen LogP contribution in [0.2, 0.25) is 0 Å². The Bertz CT molecular complexity index is 177. The molecule has 0 spiro atoms. The summed E-state index contributed by atoms with van der Waals surface area (Å²) >= 11 is 0. The Labute approximate surface area is 101 Å². The van der Waals surface area contributed by atoms with Gasteiger partial charge in [-0.3, -0.25) is 0 Å². The van der Waals surface area contributed by atoms with Crippen molar-refractivity contribution in [3.05, 3.63) is 0 Å². The highest BCUT2D eigenvalue weighted by Gasteiger charge is 2.08. The van der Waals surface area contributed by atoms with Gasteiger partial charge in [0.15, 0.2) is 0 Å². The minimum atomic E-state index is 0.319. The number of ketones is 1. The van der Waals surface area contributed by atoms with Crippen molar-refractivity contribution in [3.8, 4) is 0 Å². The lowest BCUT2D eigenvalue weighted by Crippen LogP contribution is -2.32. The van der Waals surface area contributed by atoms with E-state index in [-0.39, 0.29) is 0 Å². The first-order valence-corrected chi connectivity index (χ1v) is 6.63. The number of unbranched alkanes of at least 4 members (excludes halogenated alkanes) is 1. The zero-order valence-electron chi connectivity index (χ0n) is 11.8. The van der Waals surface area contributed by atoms with E-state index in [1.54, 1.807) is 6.92 Å². The van der Waals surface area contributed by atoms with Gasteiger partial charge in [0, 0.05) is 19.5 Å². The van der Waals surface area contributed by atoms with E-state index in [0.29, 0.717) is 5.78 Å². The summed E-state index contributed by atoms with van der Waals surface area (Å²) in [5.74, 6) is 1.78. The molecule has 16 heavy (non-hydrogen) atoms. The largest absolute Gasteiger partial charge is 0.303 e. The molecule has 0 amide bonds. The van der Waals surface area contributed by atoms with Crippen molar-refractivity contribution in [2.24, 2.45) is 11.8 Å². The van der Waals surface area contributed by atoms with Gasteiger partial charge in [0.05, 0.1) is 0 Å². The summed E-state index contributed by atoms with van der Waals surface area (Å²) in [5, 5.41) is 0. The highest BCUT2D eigenvalue weighted by atomic mass is 16.1. The van der Waals surface area contributed by atoms with Crippen LogP contribution in [0.25, 0.3) is 0 Å². The van der Waals surface area contributed by atoms with Crippen molar-refractivity contribution in [3.63, 3.8) is 0 Å². The van der Waals surface area contributed by atoms with E-state index in [9.17, 15) is 4.79 Å². The number of hydrogen-bond donors (Lipinski definition) is 0. The second-order valence-corrected chi connectivity index (χ2v) is 5.71. The van der Waals surface area contributed by atoms with Gasteiger partial charge in [0.2, 0.25) is 0 Å². The van der Waals surface area contributed by atoms with Gasteiger partial charge in [-0.15, -0.1) is 0 Å². The number of hydrogen-bond acceptors (Lipinski definition) is 2. The van der Waals surface area contributed by atoms with Crippen LogP contribution in [0.5, 0.6) is 0 Å². The van der Waals surface area contributed by atoms with Crippen LogP contribution in [0.15, 0.2) is 0 Å². The lowest BCUT2D eigenvalue weighted by molar-refractivity contribution is -0.117. The lowest BCUT2D eigenvalue weighted by atomic mass is 10.1. The molecule has 0 unspecified atom stereocenters. The van der Waals surface area contributed by atoms with Crippen LogP contribution >= 0.6 is 0 Å². The molecule has 0 bridgehead atoms. The second kappa shape index (κ2) is 8.74. The molecule has 0 saturated heterocycles. The number of nitrogens with zero attached hydrogens (tertiary/aromatic N) is 1. The van der Waals surface area contributed by atoms with Crippen LogP contribution < -0.4 is 0 Å². The smallest absolute Gasteiger partial charge is 0.129 e. The monoisotopic (exact) mass is 227 g/mol. The van der Waals surface area contributed by atoms with Crippen LogP contribution in [0, 0.1) is 11.8 Å². The van der Waals surface area contributed by atoms with E-state index >= 15 is 0 Å². The number of carbonyl (C=O) groups excluding carboxylic acids is 1. The Kier molecular flexibility index (Phi) is 8.54. The van der Waals surface area contributed by atoms with Crippen molar-refractivity contribution in [2.75, 3.05) is 19.6 Å². The highest BCUT2D eigenvalue weighted by molar-refractivity contribution is 5.75. The Balaban J connectivity index is 3.77. The predicted molar refractivity (Wildman–Crippen MR) is 70.6 cm³/mol. The summed E-state index contributed by atoms with van der Waals surface area (Å²) in [5.41, 5.74) is 0. The van der Waals surface area contributed by atoms with Gasteiger partial charge in [-0.05, 0) is 38.1 Å². The maximum atomic E-state index is 10.8. The molecule has 0 aromatic rings. The molecule has 0 aromatic heterocycles. The third-order valence-electron chi connectivity index (χ3n) is 2.50. The standard InChI is InChI=1S/C14H29NO/c1-12(2)10-15(11-13(3)4)9-7-6-8-14(5)16/h12-13H,6-11H2,1-5H3. The molecule has 0 aliphatic carbocycles. The van der Waals surface area contributed by atoms with Crippen molar-refractivity contribution in [1.82, 2.24) is 4.90 Å². The van der Waals surface area contributed by atoms with Crippen LogP contribution in [0.1, 0.15) is 53.9 Å². The molecule has 0 N–H and O–H groups in total. The predicted octanol–water partition coefficient (Wildman–Crippen LogP) is 3.36. The van der Waals surface area contributed by atoms with Gasteiger partial charge in [0.1, 0.15) is 5.78 Å². The summed E-state index contributed by atoms with van der Waals surface area (Å²) < 4.78 is 0. The Morgan fingerprint density at radius 3 is 1.88 bits per heavy atom. The Morgan fingerprint density at radius 1 is 1.00 bits per heavy atom. The first-order valence-electron chi connectivity index (χ1n) is 6.63. The molecule has 0 heterocycles. The van der Waals surface area contributed by atoms with Crippen molar-refractivity contribution in [2.45, 2.75) is 53.9 Å². The van der Waals surface area contributed by atoms with Gasteiger partial charge < -0.3 is 9.69 Å². The van der Waals surface area contributed by atoms with Crippen LogP contribution in [0.4, 0.5) is 0 Å². The van der Waals surface area contributed by atoms with E-state index < -0.39 is 0 Å². The first-order chi connectivity index (χ1) is 7.41. The van der Waals surface area contributed by atoms with Gasteiger partial charge in [0.25, 0.3) is 0 Å². The van der Waals surface area contributed by atoms with Gasteiger partial charge in [-0.25, -0.2) is 0 Å². The summed E-state index contributed by atoms with van der Waals surface area (Å²) in [6, 6.07) is 0. The fourth-order valence-electron chi connectivity index (χ4n) is 2.00. The van der Waals surface area contributed by atoms with E-state index in [4.69, 9.17) is 0 Å². The molecular weight excluding hydrogens is 198 g/mol. The number of rotatable bonds is 9. The van der Waals surface area contributed by atoms with E-state index in [1.165, 1.54) is 13.1 Å². The SMILES string of the molecule is CC(=O)CCCCN(CC(C)C)CC(C)C. The molecule has 0 aliphatic rings. The summed E-state index contributed by atoms with van der Waals surface area (Å²) in [4.78, 5) is 13.4. The highest BCUT2D eigenvalue weighted by Crippen LogP contribution is 2.06. The molecule has 0 aromatic carbocycles. The van der Waals surface area contributed by atoms with E-state index in [2.05, 4.69) is 32.6 Å². The minimum Gasteiger partial charge on any atom is -0.303 e.